The fourth-order valence-corrected chi connectivity index (χ4v) is 2.92. The van der Waals surface area contributed by atoms with Crippen LogP contribution < -0.4 is 9.88 Å². The third-order valence-electron chi connectivity index (χ3n) is 4.36. The summed E-state index contributed by atoms with van der Waals surface area (Å²) in [7, 11) is 0. The van der Waals surface area contributed by atoms with E-state index < -0.39 is 22.6 Å². The van der Waals surface area contributed by atoms with Crippen molar-refractivity contribution < 1.29 is 27.9 Å². The number of nitrogens with one attached hydrogen (secondary N) is 1. The molecule has 1 saturated heterocycles. The van der Waals surface area contributed by atoms with Crippen LogP contribution in [-0.2, 0) is 6.18 Å². The van der Waals surface area contributed by atoms with Crippen molar-refractivity contribution in [1.29, 1.82) is 0 Å². The average Bonchev–Trinajstić information content (AvgIpc) is 2.67. The molecule has 0 radical (unpaired) electrons. The number of carbonyl (C=O) groups excluding carboxylic acids is 1. The van der Waals surface area contributed by atoms with Crippen LogP contribution in [0, 0.1) is 10.1 Å². The number of aromatic nitrogens is 1. The van der Waals surface area contributed by atoms with Crippen LogP contribution in [0.3, 0.4) is 0 Å². The molecule has 27 heavy (non-hydrogen) atoms. The molecule has 1 aromatic carbocycles. The second kappa shape index (κ2) is 7.22. The second-order valence-corrected chi connectivity index (χ2v) is 6.01. The summed E-state index contributed by atoms with van der Waals surface area (Å²) >= 11 is 0. The fraction of sp³-hybridized carbons (Fsp3) is 0.294. The summed E-state index contributed by atoms with van der Waals surface area (Å²) in [5, 5.41) is 11.1. The third-order valence-corrected chi connectivity index (χ3v) is 4.36. The van der Waals surface area contributed by atoms with Crippen LogP contribution in [0.5, 0.6) is 0 Å². The Morgan fingerprint density at radius 2 is 1.74 bits per heavy atom. The maximum Gasteiger partial charge on any atom is 0.419 e. The molecule has 0 spiro atoms. The first-order valence-electron chi connectivity index (χ1n) is 8.14. The zero-order valence-electron chi connectivity index (χ0n) is 14.1. The molecule has 1 amide bonds. The van der Waals surface area contributed by atoms with Gasteiger partial charge in [-0.15, -0.1) is 0 Å². The van der Waals surface area contributed by atoms with E-state index in [4.69, 9.17) is 0 Å². The minimum atomic E-state index is -4.41. The maximum absolute atomic E-state index is 12.6. The van der Waals surface area contributed by atoms with Crippen LogP contribution in [0.25, 0.3) is 0 Å². The number of hydrogen-bond donors (Lipinski definition) is 0. The molecule has 142 valence electrons. The Balaban J connectivity index is 1.67. The number of pyridine rings is 1. The van der Waals surface area contributed by atoms with E-state index in [-0.39, 0.29) is 11.3 Å². The highest BCUT2D eigenvalue weighted by atomic mass is 19.4. The number of nitro benzene ring substituents is 1. The van der Waals surface area contributed by atoms with Gasteiger partial charge in [-0.05, 0) is 12.1 Å². The Bertz CT molecular complexity index is 847. The Morgan fingerprint density at radius 3 is 2.30 bits per heavy atom. The van der Waals surface area contributed by atoms with Crippen molar-refractivity contribution in [3.63, 3.8) is 0 Å². The maximum atomic E-state index is 12.6. The van der Waals surface area contributed by atoms with Crippen molar-refractivity contribution in [3.05, 3.63) is 63.8 Å². The lowest BCUT2D eigenvalue weighted by Gasteiger charge is -2.31. The van der Waals surface area contributed by atoms with Gasteiger partial charge in [0.1, 0.15) is 24.8 Å². The Hall–Kier alpha value is -3.17. The molecule has 1 fully saturated rings. The largest absolute Gasteiger partial charge is 0.419 e. The van der Waals surface area contributed by atoms with E-state index in [1.54, 1.807) is 6.07 Å². The van der Waals surface area contributed by atoms with Crippen LogP contribution in [-0.4, -0.2) is 41.9 Å². The lowest BCUT2D eigenvalue weighted by atomic mass is 10.1. The number of rotatable bonds is 3. The van der Waals surface area contributed by atoms with Gasteiger partial charge in [-0.2, -0.15) is 13.2 Å². The first kappa shape index (κ1) is 18.6. The van der Waals surface area contributed by atoms with E-state index >= 15 is 0 Å². The summed E-state index contributed by atoms with van der Waals surface area (Å²) in [6.07, 6.45) is -3.51. The van der Waals surface area contributed by atoms with Gasteiger partial charge < -0.3 is 4.90 Å². The molecule has 1 N–H and O–H groups in total. The summed E-state index contributed by atoms with van der Waals surface area (Å²) in [5.74, 6) is 0.0825. The normalized spacial score (nSPS) is 14.9. The number of alkyl halides is 3. The highest BCUT2D eigenvalue weighted by molar-refractivity contribution is 5.98. The van der Waals surface area contributed by atoms with Crippen molar-refractivity contribution in [3.8, 4) is 0 Å². The molecule has 0 unspecified atom stereocenters. The van der Waals surface area contributed by atoms with Gasteiger partial charge >= 0.3 is 6.18 Å². The Morgan fingerprint density at radius 1 is 1.07 bits per heavy atom. The number of benzene rings is 1. The van der Waals surface area contributed by atoms with Crippen LogP contribution in [0.1, 0.15) is 15.9 Å². The summed E-state index contributed by atoms with van der Waals surface area (Å²) in [6, 6.07) is 8.09. The van der Waals surface area contributed by atoms with Gasteiger partial charge in [0.15, 0.2) is 0 Å². The molecule has 1 aromatic heterocycles. The quantitative estimate of drug-likeness (QED) is 0.604. The minimum absolute atomic E-state index is 0.0250. The number of H-pyrrole nitrogens is 1. The van der Waals surface area contributed by atoms with Crippen molar-refractivity contribution in [2.75, 3.05) is 31.1 Å². The van der Waals surface area contributed by atoms with Gasteiger partial charge in [0, 0.05) is 12.1 Å². The second-order valence-electron chi connectivity index (χ2n) is 6.01. The first-order valence-corrected chi connectivity index (χ1v) is 8.14. The van der Waals surface area contributed by atoms with E-state index in [1.807, 2.05) is 4.90 Å². The van der Waals surface area contributed by atoms with Crippen LogP contribution in [0.2, 0.25) is 0 Å². The summed E-state index contributed by atoms with van der Waals surface area (Å²) < 4.78 is 37.9. The molecule has 3 rings (SSSR count). The standard InChI is InChI=1S/C17H15F3N4O3/c18-17(19,20)12-5-6-15(21-11-12)22-7-9-23(10-8-22)16(25)13-3-1-2-4-14(13)24(26)27/h1-6,11H,7-10H2/p+1. The van der Waals surface area contributed by atoms with Crippen LogP contribution in [0.4, 0.5) is 24.7 Å². The SMILES string of the molecule is O=C(c1ccccc1[N+](=O)[O-])N1CCN(c2ccc(C(F)(F)F)c[nH+]2)CC1. The number of anilines is 1. The zero-order chi connectivity index (χ0) is 19.6. The number of hydrogen-bond acceptors (Lipinski definition) is 4. The van der Waals surface area contributed by atoms with Gasteiger partial charge in [0.2, 0.25) is 0 Å². The fourth-order valence-electron chi connectivity index (χ4n) is 2.92. The number of amides is 1. The van der Waals surface area contributed by atoms with Gasteiger partial charge in [0.25, 0.3) is 17.4 Å². The Kier molecular flexibility index (Phi) is 4.98. The van der Waals surface area contributed by atoms with Crippen molar-refractivity contribution in [1.82, 2.24) is 4.90 Å². The van der Waals surface area contributed by atoms with Crippen molar-refractivity contribution in [2.24, 2.45) is 0 Å². The van der Waals surface area contributed by atoms with Crippen LogP contribution in [0.15, 0.2) is 42.6 Å². The number of halogens is 3. The molecular formula is C17H16F3N4O3+. The van der Waals surface area contributed by atoms with E-state index in [0.717, 1.165) is 12.3 Å². The molecule has 0 saturated carbocycles. The monoisotopic (exact) mass is 381 g/mol. The summed E-state index contributed by atoms with van der Waals surface area (Å²) in [4.78, 5) is 29.0. The van der Waals surface area contributed by atoms with E-state index in [2.05, 4.69) is 4.98 Å². The van der Waals surface area contributed by atoms with Gasteiger partial charge in [-0.3, -0.25) is 19.8 Å². The lowest BCUT2D eigenvalue weighted by Crippen LogP contribution is -2.50. The molecule has 0 atom stereocenters. The number of nitrogens with zero attached hydrogens (tertiary/aromatic N) is 3. The highest BCUT2D eigenvalue weighted by Crippen LogP contribution is 2.28. The predicted octanol–water partition coefficient (Wildman–Crippen LogP) is 2.39. The molecule has 7 nitrogen and oxygen atoms in total. The number of nitro groups is 1. The zero-order valence-corrected chi connectivity index (χ0v) is 14.1. The van der Waals surface area contributed by atoms with Gasteiger partial charge in [-0.1, -0.05) is 12.1 Å². The molecule has 10 heteroatoms. The van der Waals surface area contributed by atoms with Crippen LogP contribution >= 0.6 is 0 Å². The first-order chi connectivity index (χ1) is 12.8. The molecule has 2 aromatic rings. The van der Waals surface area contributed by atoms with E-state index in [1.165, 1.54) is 29.2 Å². The summed E-state index contributed by atoms with van der Waals surface area (Å²) in [5.41, 5.74) is -0.991. The topological polar surface area (TPSA) is 80.8 Å². The molecule has 0 bridgehead atoms. The smallest absolute Gasteiger partial charge is 0.331 e. The van der Waals surface area contributed by atoms with Gasteiger partial charge in [-0.25, -0.2) is 4.98 Å². The Labute approximate surface area is 152 Å². The van der Waals surface area contributed by atoms with Crippen molar-refractivity contribution in [2.45, 2.75) is 6.18 Å². The number of piperazine rings is 1. The molecule has 1 aliphatic heterocycles. The number of carbonyl (C=O) groups is 1. The number of para-hydroxylation sites is 1. The predicted molar refractivity (Wildman–Crippen MR) is 89.2 cm³/mol. The highest BCUT2D eigenvalue weighted by Gasteiger charge is 2.33. The van der Waals surface area contributed by atoms with Gasteiger partial charge in [0.05, 0.1) is 23.6 Å². The molecule has 0 aliphatic carbocycles. The molecule has 1 aliphatic rings. The summed E-state index contributed by atoms with van der Waals surface area (Å²) in [6.45, 7) is 1.40. The third kappa shape index (κ3) is 3.99. The van der Waals surface area contributed by atoms with Crippen molar-refractivity contribution >= 4 is 17.4 Å². The number of aromatic amines is 1. The minimum Gasteiger partial charge on any atom is -0.331 e. The van der Waals surface area contributed by atoms with E-state index in [0.29, 0.717) is 32.0 Å². The molecular weight excluding hydrogens is 365 g/mol. The van der Waals surface area contributed by atoms with E-state index in [9.17, 15) is 28.1 Å². The lowest BCUT2D eigenvalue weighted by molar-refractivity contribution is -0.385. The molecule has 2 heterocycles. The average molecular weight is 381 g/mol.